The third kappa shape index (κ3) is 19.8. The first-order chi connectivity index (χ1) is 41.6. The number of para-hydroxylation sites is 6. The van der Waals surface area contributed by atoms with Crippen molar-refractivity contribution in [1.29, 1.82) is 0 Å². The van der Waals surface area contributed by atoms with Gasteiger partial charge in [-0.25, -0.2) is 4.86 Å². The highest BCUT2D eigenvalue weighted by Gasteiger charge is 2.47. The van der Waals surface area contributed by atoms with Crippen LogP contribution in [-0.2, 0) is 63.6 Å². The second-order valence-corrected chi connectivity index (χ2v) is 25.8. The molecular formula is C64H78N3O14P3. The molecule has 84 heavy (non-hydrogen) atoms. The Balaban J connectivity index is 0.887. The predicted molar refractivity (Wildman–Crippen MR) is 324 cm³/mol. The fourth-order valence-electron chi connectivity index (χ4n) is 9.21. The number of nitrogens with zero attached hydrogens (tertiary/aromatic N) is 2. The zero-order valence-electron chi connectivity index (χ0n) is 47.6. The molecule has 7 unspecified atom stereocenters. The van der Waals surface area contributed by atoms with Crippen LogP contribution in [-0.4, -0.2) is 113 Å². The van der Waals surface area contributed by atoms with Crippen molar-refractivity contribution in [3.8, 4) is 46.0 Å². The molecule has 0 bridgehead atoms. The van der Waals surface area contributed by atoms with E-state index in [0.29, 0.717) is 81.6 Å². The Morgan fingerprint density at radius 3 is 1.31 bits per heavy atom. The lowest BCUT2D eigenvalue weighted by Crippen LogP contribution is -2.37. The van der Waals surface area contributed by atoms with Gasteiger partial charge < -0.3 is 66.1 Å². The number of epoxide rings is 4. The molecule has 448 valence electrons. The molecule has 5 heterocycles. The lowest BCUT2D eigenvalue weighted by molar-refractivity contribution is 0.0667. The Kier molecular flexibility index (Phi) is 23.6. The molecule has 1 N–H and O–H groups in total. The van der Waals surface area contributed by atoms with Gasteiger partial charge in [0, 0.05) is 31.0 Å². The van der Waals surface area contributed by atoms with Crippen LogP contribution in [0.4, 0.5) is 0 Å². The van der Waals surface area contributed by atoms with Crippen LogP contribution < -0.4 is 33.1 Å². The van der Waals surface area contributed by atoms with Crippen LogP contribution in [0.15, 0.2) is 146 Å². The number of nitrogens with one attached hydrogen (secondary N) is 1. The Morgan fingerprint density at radius 2 is 0.810 bits per heavy atom. The minimum atomic E-state index is -1.97. The van der Waals surface area contributed by atoms with Crippen LogP contribution in [0, 0.1) is 0 Å². The minimum Gasteiger partial charge on any atom is -0.453 e. The van der Waals surface area contributed by atoms with E-state index in [0.717, 1.165) is 143 Å². The molecule has 5 aliphatic heterocycles. The van der Waals surface area contributed by atoms with Crippen molar-refractivity contribution in [2.75, 3.05) is 79.3 Å². The maximum atomic E-state index is 7.34. The largest absolute Gasteiger partial charge is 0.453 e. The van der Waals surface area contributed by atoms with Gasteiger partial charge in [0.15, 0.2) is 17.2 Å². The quantitative estimate of drug-likeness (QED) is 0.0220. The average molecular weight is 1210 g/mol. The zero-order chi connectivity index (χ0) is 56.8. The van der Waals surface area contributed by atoms with Gasteiger partial charge in [-0.2, -0.15) is 0 Å². The predicted octanol–water partition coefficient (Wildman–Crippen LogP) is 13.8. The molecular weight excluding hydrogens is 1130 g/mol. The summed E-state index contributed by atoms with van der Waals surface area (Å²) in [6.07, 6.45) is 11.4. The van der Waals surface area contributed by atoms with E-state index in [2.05, 4.69) is 47.3 Å². The van der Waals surface area contributed by atoms with E-state index >= 15 is 0 Å². The average Bonchev–Trinajstić information content (AvgIpc) is 4.48. The fourth-order valence-corrected chi connectivity index (χ4v) is 14.8. The highest BCUT2D eigenvalue weighted by atomic mass is 31.3. The monoisotopic (exact) mass is 1210 g/mol. The molecule has 0 amide bonds. The lowest BCUT2D eigenvalue weighted by Gasteiger charge is -2.42. The highest BCUT2D eigenvalue weighted by molar-refractivity contribution is 7.74. The first-order valence-corrected chi connectivity index (χ1v) is 33.0. The summed E-state index contributed by atoms with van der Waals surface area (Å²) in [7, 11) is -4.01. The summed E-state index contributed by atoms with van der Waals surface area (Å²) >= 11 is 0. The molecule has 0 spiro atoms. The third-order valence-electron chi connectivity index (χ3n) is 14.2. The number of unbranched alkanes of at least 4 members (excludes halogenated alkanes) is 4. The molecule has 6 aromatic carbocycles. The van der Waals surface area contributed by atoms with Gasteiger partial charge in [0.2, 0.25) is 5.75 Å². The van der Waals surface area contributed by atoms with Gasteiger partial charge in [-0.1, -0.05) is 97.1 Å². The number of aryl methyl sites for hydroxylation is 4. The van der Waals surface area contributed by atoms with E-state index < -0.39 is 16.9 Å². The summed E-state index contributed by atoms with van der Waals surface area (Å²) in [4.78, 5) is 17.8. The van der Waals surface area contributed by atoms with Crippen molar-refractivity contribution in [3.63, 3.8) is 0 Å². The summed E-state index contributed by atoms with van der Waals surface area (Å²) in [5, 5.41) is 0. The summed E-state index contributed by atoms with van der Waals surface area (Å²) in [6.45, 7) is 8.41. The van der Waals surface area contributed by atoms with Crippen LogP contribution in [0.1, 0.15) is 73.6 Å². The molecule has 0 saturated carbocycles. The van der Waals surface area contributed by atoms with Crippen molar-refractivity contribution >= 4 is 25.8 Å². The molecule has 0 aromatic heterocycles. The SMILES string of the molecule is c1ccc(ON2P(Oc3cccc(Oc4ccccc4CCCCOCC4CO4)c3Oc3ccccc3CCCCOCC3CO3)NPN(Oc3ccccc3CCCCOCC3CO3)P2Oc2ccccc2CCCCOCC2CO2)cc1. The second-order valence-electron chi connectivity index (χ2n) is 21.1. The number of benzene rings is 6. The molecule has 0 radical (unpaired) electrons. The van der Waals surface area contributed by atoms with Crippen molar-refractivity contribution in [2.45, 2.75) is 101 Å². The van der Waals surface area contributed by atoms with E-state index in [1.165, 1.54) is 0 Å². The van der Waals surface area contributed by atoms with Crippen molar-refractivity contribution in [1.82, 2.24) is 14.1 Å². The topological polar surface area (TPSA) is 161 Å². The number of rotatable bonds is 40. The molecule has 0 aliphatic carbocycles. The van der Waals surface area contributed by atoms with Gasteiger partial charge in [-0.15, -0.1) is 0 Å². The summed E-state index contributed by atoms with van der Waals surface area (Å²) in [5.74, 6) is 4.81. The number of ether oxygens (including phenoxy) is 10. The van der Waals surface area contributed by atoms with Gasteiger partial charge in [0.05, 0.1) is 61.7 Å². The van der Waals surface area contributed by atoms with Crippen LogP contribution in [0.2, 0.25) is 0 Å². The summed E-state index contributed by atoms with van der Waals surface area (Å²) in [6, 6.07) is 48.2. The second kappa shape index (κ2) is 32.6. The Labute approximate surface area is 498 Å². The van der Waals surface area contributed by atoms with Crippen LogP contribution >= 0.6 is 25.8 Å². The molecule has 5 aliphatic rings. The zero-order valence-corrected chi connectivity index (χ0v) is 50.4. The molecule has 11 rings (SSSR count). The summed E-state index contributed by atoms with van der Waals surface area (Å²) in [5.41, 5.74) is 4.26. The fraction of sp³-hybridized carbons (Fsp3) is 0.438. The Morgan fingerprint density at radius 1 is 0.405 bits per heavy atom. The molecule has 17 nitrogen and oxygen atoms in total. The number of hydrogen-bond donors (Lipinski definition) is 1. The van der Waals surface area contributed by atoms with Gasteiger partial charge >= 0.3 is 8.45 Å². The molecule has 5 fully saturated rings. The van der Waals surface area contributed by atoms with E-state index in [1.54, 1.807) is 4.60 Å². The van der Waals surface area contributed by atoms with Gasteiger partial charge in [-0.3, -0.25) is 0 Å². The Bertz CT molecular complexity index is 2920. The molecule has 20 heteroatoms. The lowest BCUT2D eigenvalue weighted by atomic mass is 10.1. The maximum absolute atomic E-state index is 7.34. The maximum Gasteiger partial charge on any atom is 0.332 e. The van der Waals surface area contributed by atoms with E-state index in [1.807, 2.05) is 108 Å². The smallest absolute Gasteiger partial charge is 0.332 e. The Hall–Kier alpha value is -5.03. The van der Waals surface area contributed by atoms with E-state index in [-0.39, 0.29) is 33.3 Å². The van der Waals surface area contributed by atoms with Crippen LogP contribution in [0.3, 0.4) is 0 Å². The van der Waals surface area contributed by atoms with E-state index in [9.17, 15) is 0 Å². The van der Waals surface area contributed by atoms with Crippen molar-refractivity contribution < 1.29 is 66.1 Å². The number of hydrogen-bond acceptors (Lipinski definition) is 17. The third-order valence-corrected chi connectivity index (χ3v) is 19.3. The first-order valence-electron chi connectivity index (χ1n) is 29.7. The van der Waals surface area contributed by atoms with Crippen LogP contribution in [0.25, 0.3) is 0 Å². The van der Waals surface area contributed by atoms with Crippen LogP contribution in [0.5, 0.6) is 46.0 Å². The van der Waals surface area contributed by atoms with Gasteiger partial charge in [0.25, 0.3) is 8.45 Å². The standard InChI is InChI=1S/C64H78N3O14P3/c1-2-29-53(30-3-1)78-67-83(65-82-66(79-60-33-10-6-23-51(60)27-14-18-39-70-43-56-47-74-56)84(67)81-61-34-11-7-24-52(61)28-15-19-40-71-44-57-48-75-57)80-63-36-20-35-62(76-58-31-8-4-21-49(58)25-12-16-37-68-41-54-45-72-54)64(63)77-59-32-9-5-22-50(59)26-13-17-38-69-42-55-46-73-55/h1-11,20-24,29-36,54-57,65,82H,12-19,25-28,37-48H2. The van der Waals surface area contributed by atoms with Crippen molar-refractivity contribution in [3.05, 3.63) is 168 Å². The normalized spacial score (nSPS) is 21.0. The van der Waals surface area contributed by atoms with Crippen molar-refractivity contribution in [2.24, 2.45) is 0 Å². The van der Waals surface area contributed by atoms with Gasteiger partial charge in [-0.05, 0) is 152 Å². The van der Waals surface area contributed by atoms with Gasteiger partial charge in [0.1, 0.15) is 47.4 Å². The van der Waals surface area contributed by atoms with E-state index in [4.69, 9.17) is 66.1 Å². The summed E-state index contributed by atoms with van der Waals surface area (Å²) < 4.78 is 77.4. The first kappa shape index (κ1) is 60.6. The molecule has 7 atom stereocenters. The highest BCUT2D eigenvalue weighted by Crippen LogP contribution is 2.67. The minimum absolute atomic E-state index is 0.141. The molecule has 5 saturated heterocycles. The molecule has 6 aromatic rings.